The molecule has 0 amide bonds. The fourth-order valence-electron chi connectivity index (χ4n) is 3.16. The van der Waals surface area contributed by atoms with Gasteiger partial charge in [0.1, 0.15) is 0 Å². The summed E-state index contributed by atoms with van der Waals surface area (Å²) in [5, 5.41) is 0. The molecular weight excluding hydrogens is 786 g/mol. The maximum atomic E-state index is 6.50. The Hall–Kier alpha value is 2.96. The Kier molecular flexibility index (Phi) is 55.1. The molecule has 0 rings (SSSR count). The van der Waals surface area contributed by atoms with Gasteiger partial charge in [-0.15, -0.1) is 0 Å². The van der Waals surface area contributed by atoms with Gasteiger partial charge in [0.2, 0.25) is 0 Å². The Bertz CT molecular complexity index is 374. The minimum absolute atomic E-state index is 0. The summed E-state index contributed by atoms with van der Waals surface area (Å²) in [7, 11) is 6.50. The van der Waals surface area contributed by atoms with E-state index in [1.165, 1.54) is 66.7 Å². The van der Waals surface area contributed by atoms with Crippen LogP contribution in [0, 0.1) is 0 Å². The van der Waals surface area contributed by atoms with E-state index in [-0.39, 0.29) is 27.2 Å². The minimum atomic E-state index is -1.96. The number of halogens is 2. The molecule has 0 fully saturated rings. The minimum Gasteiger partial charge on any atom is -0.153 e. The maximum Gasteiger partial charge on any atom is -0.153 e. The zero-order valence-electron chi connectivity index (χ0n) is 23.4. The Labute approximate surface area is 245 Å². The van der Waals surface area contributed by atoms with Crippen molar-refractivity contribution in [3.63, 3.8) is 0 Å². The molecule has 0 spiro atoms. The molecule has 0 aliphatic carbocycles. The smallest absolute Gasteiger partial charge is 0.153 e. The quantitative estimate of drug-likeness (QED) is 0.0875. The van der Waals surface area contributed by atoms with Gasteiger partial charge in [0.15, 0.2) is 0 Å². The summed E-state index contributed by atoms with van der Waals surface area (Å²) in [5.41, 5.74) is 0. The van der Waals surface area contributed by atoms with E-state index in [0.717, 1.165) is 6.42 Å². The van der Waals surface area contributed by atoms with E-state index in [9.17, 15) is 0 Å². The van der Waals surface area contributed by atoms with Crippen LogP contribution < -0.4 is 0 Å². The van der Waals surface area contributed by atoms with Crippen LogP contribution in [0.15, 0.2) is 20.3 Å². The van der Waals surface area contributed by atoms with Gasteiger partial charge in [-0.1, -0.05) is 43.0 Å². The van der Waals surface area contributed by atoms with E-state index in [1.807, 2.05) is 4.08 Å². The van der Waals surface area contributed by atoms with E-state index >= 15 is 0 Å². The van der Waals surface area contributed by atoms with E-state index in [0.29, 0.717) is 0 Å². The van der Waals surface area contributed by atoms with Gasteiger partial charge in [0, 0.05) is 0 Å². The van der Waals surface area contributed by atoms with Gasteiger partial charge < -0.3 is 0 Å². The Morgan fingerprint density at radius 1 is 0.636 bits per heavy atom. The molecule has 2 unspecified atom stereocenters. The zero-order valence-corrected chi connectivity index (χ0v) is 34.8. The molecule has 0 nitrogen and oxygen atoms in total. The molecule has 206 valence electrons. The molecule has 0 N–H and O–H groups in total. The summed E-state index contributed by atoms with van der Waals surface area (Å²) in [4.78, 5) is 5.01. The first kappa shape index (κ1) is 49.0. The summed E-state index contributed by atoms with van der Waals surface area (Å²) in [5.74, 6) is 0. The molecule has 0 saturated heterocycles. The molecule has 0 aliphatic rings. The van der Waals surface area contributed by atoms with Gasteiger partial charge in [0.25, 0.3) is 0 Å². The van der Waals surface area contributed by atoms with E-state index in [1.54, 1.807) is 8.87 Å². The summed E-state index contributed by atoms with van der Waals surface area (Å²) in [6.45, 7) is 13.5. The average Bonchev–Trinajstić information content (AvgIpc) is 2.74. The van der Waals surface area contributed by atoms with Gasteiger partial charge in [-0.25, -0.2) is 0 Å². The third-order valence-electron chi connectivity index (χ3n) is 5.39. The second kappa shape index (κ2) is 37.1. The van der Waals surface area contributed by atoms with E-state index < -0.39 is 35.6 Å². The second-order valence-electron chi connectivity index (χ2n) is 9.06. The summed E-state index contributed by atoms with van der Waals surface area (Å²) in [6, 6.07) is 0. The Morgan fingerprint density at radius 2 is 0.970 bits per heavy atom. The predicted octanol–water partition coefficient (Wildman–Crippen LogP) is 12.7. The van der Waals surface area contributed by atoms with Crippen LogP contribution in [-0.2, 0) is 0 Å². The van der Waals surface area contributed by atoms with Gasteiger partial charge in [-0.3, -0.25) is 0 Å². The van der Waals surface area contributed by atoms with Crippen LogP contribution in [0.5, 0.6) is 0 Å². The molecule has 0 heterocycles. The van der Waals surface area contributed by atoms with Crippen molar-refractivity contribution in [2.24, 2.45) is 0 Å². The van der Waals surface area contributed by atoms with Gasteiger partial charge in [-0.05, 0) is 10.5 Å². The van der Waals surface area contributed by atoms with Gasteiger partial charge >= 0.3 is 175 Å². The standard InChI is InChI=1S/C4H7I.4C4H9.C4H7.CH4.2CH3.ClH.2H3P.2Sn/c1-2-3-4-5;5*1-3-4-2;;;;;;;;/h3-4H,2H2,1H3;4*1,3-4H2,2H3;1,3H,4H2,2H3;1H4;2*1H3;1H;2*1H3;;/q;;;;;;;;;;;;;+1/p-1/b4-3+;;;;;;;;;;;;;. The Morgan fingerprint density at radius 3 is 1.21 bits per heavy atom. The largest absolute Gasteiger partial charge is 0.153 e. The maximum absolute atomic E-state index is 6.50. The SMILES string of the molecule is C.CC/C=C/I.CC/C=[CH]/[Sn]([CH3])([CH2]CCC)[CH2]CCC.CCC[CH2][Sn]([CH3])([Cl])[CH2]CCC.P.P. The normalized spacial score (nSPS) is 10.8. The number of hydrogen-bond acceptors (Lipinski definition) is 0. The molecule has 0 aromatic heterocycles. The van der Waals surface area contributed by atoms with Gasteiger partial charge in [0.05, 0.1) is 0 Å². The number of rotatable bonds is 15. The summed E-state index contributed by atoms with van der Waals surface area (Å²) in [6.07, 6.45) is 17.9. The molecule has 0 radical (unpaired) electrons. The summed E-state index contributed by atoms with van der Waals surface area (Å²) < 4.78 is 10.6. The molecule has 0 saturated carbocycles. The van der Waals surface area contributed by atoms with Crippen molar-refractivity contribution in [2.75, 3.05) is 0 Å². The molecule has 2 atom stereocenters. The second-order valence-corrected chi connectivity index (χ2v) is 40.1. The molecule has 0 bridgehead atoms. The number of hydrogen-bond donors (Lipinski definition) is 0. The predicted molar refractivity (Wildman–Crippen MR) is 190 cm³/mol. The third kappa shape index (κ3) is 42.3. The molecule has 33 heavy (non-hydrogen) atoms. The van der Waals surface area contributed by atoms with Crippen molar-refractivity contribution < 1.29 is 0 Å². The van der Waals surface area contributed by atoms with Crippen LogP contribution in [-0.4, -0.2) is 35.6 Å². The van der Waals surface area contributed by atoms with Crippen molar-refractivity contribution in [2.45, 2.75) is 141 Å². The number of unbranched alkanes of at least 4 members (excludes halogenated alkanes) is 4. The van der Waals surface area contributed by atoms with Crippen molar-refractivity contribution in [3.8, 4) is 0 Å². The average molecular weight is 853 g/mol. The molecule has 0 aromatic rings. The monoisotopic (exact) mass is 854 g/mol. The van der Waals surface area contributed by atoms with Crippen molar-refractivity contribution in [1.82, 2.24) is 0 Å². The summed E-state index contributed by atoms with van der Waals surface area (Å²) >= 11 is -1.50. The fourth-order valence-corrected chi connectivity index (χ4v) is 23.0. The van der Waals surface area contributed by atoms with Crippen molar-refractivity contribution in [3.05, 3.63) is 20.3 Å². The number of allylic oxidation sites excluding steroid dienone is 2. The first-order valence-corrected chi connectivity index (χ1v) is 33.1. The van der Waals surface area contributed by atoms with Crippen LogP contribution in [0.25, 0.3) is 0 Å². The van der Waals surface area contributed by atoms with Crippen LogP contribution in [0.1, 0.15) is 113 Å². The van der Waals surface area contributed by atoms with Gasteiger partial charge in [-0.2, -0.15) is 19.8 Å². The van der Waals surface area contributed by atoms with Crippen molar-refractivity contribution >= 4 is 86.9 Å². The van der Waals surface area contributed by atoms with Crippen LogP contribution in [0.4, 0.5) is 0 Å². The Balaban J connectivity index is -0.0000000865. The van der Waals surface area contributed by atoms with E-state index in [2.05, 4.69) is 90.3 Å². The fraction of sp³-hybridized carbons (Fsp3) is 0.852. The van der Waals surface area contributed by atoms with Crippen LogP contribution in [0.2, 0.25) is 27.6 Å². The third-order valence-corrected chi connectivity index (χ3v) is 27.9. The van der Waals surface area contributed by atoms with E-state index in [4.69, 9.17) is 8.92 Å². The van der Waals surface area contributed by atoms with Crippen LogP contribution >= 0.6 is 51.3 Å². The first-order valence-electron chi connectivity index (χ1n) is 12.8. The molecule has 0 aliphatic heterocycles. The first-order chi connectivity index (χ1) is 14.2. The molecule has 0 aromatic carbocycles. The zero-order chi connectivity index (χ0) is 23.7. The van der Waals surface area contributed by atoms with Crippen molar-refractivity contribution in [1.29, 1.82) is 0 Å². The topological polar surface area (TPSA) is 0 Å². The van der Waals surface area contributed by atoms with Crippen LogP contribution in [0.3, 0.4) is 0 Å². The molecule has 6 heteroatoms. The molecular formula is C27H66ClIP2Sn2.